The van der Waals surface area contributed by atoms with E-state index < -0.39 is 0 Å². The summed E-state index contributed by atoms with van der Waals surface area (Å²) in [6.45, 7) is 2.78. The molecule has 3 aromatic rings. The van der Waals surface area contributed by atoms with Crippen LogP contribution in [0, 0.1) is 5.82 Å². The molecule has 0 spiro atoms. The fourth-order valence-electron chi connectivity index (χ4n) is 1.81. The highest BCUT2D eigenvalue weighted by Crippen LogP contribution is 2.33. The molecule has 2 aromatic carbocycles. The van der Waals surface area contributed by atoms with Gasteiger partial charge < -0.3 is 15.2 Å². The van der Waals surface area contributed by atoms with Crippen LogP contribution in [0.4, 0.5) is 15.2 Å². The lowest BCUT2D eigenvalue weighted by molar-refractivity contribution is 0.112. The number of carbonyl (C=O) groups excluding carboxylic acids is 1. The molecule has 0 aliphatic rings. The summed E-state index contributed by atoms with van der Waals surface area (Å²) < 4.78 is 21.9. The molecule has 5 nitrogen and oxygen atoms in total. The number of anilines is 2. The Labute approximate surface area is 153 Å². The number of carbonyl (C=O) groups is 1. The highest BCUT2D eigenvalue weighted by atomic mass is 32.2. The molecular formula is C17H18FN3O2S2. The molecule has 0 bridgehead atoms. The van der Waals surface area contributed by atoms with Crippen LogP contribution in [-0.2, 0) is 4.74 Å². The molecule has 0 saturated heterocycles. The summed E-state index contributed by atoms with van der Waals surface area (Å²) in [6, 6.07) is 9.81. The quantitative estimate of drug-likeness (QED) is 0.498. The zero-order chi connectivity index (χ0) is 18.2. The molecule has 0 saturated carbocycles. The first-order valence-electron chi connectivity index (χ1n) is 7.40. The molecule has 0 unspecified atom stereocenters. The third kappa shape index (κ3) is 5.42. The second kappa shape index (κ2) is 9.36. The number of thiazole rings is 1. The van der Waals surface area contributed by atoms with Crippen LogP contribution in [0.3, 0.4) is 0 Å². The van der Waals surface area contributed by atoms with Gasteiger partial charge in [0.05, 0.1) is 15.1 Å². The SMILES string of the molecule is CCOC.Nc1nc2c(SNc3ccc(C=O)cc3)cc(F)cc2s1. The Morgan fingerprint density at radius 2 is 2.04 bits per heavy atom. The van der Waals surface area contributed by atoms with Crippen molar-refractivity contribution in [2.75, 3.05) is 24.2 Å². The molecule has 25 heavy (non-hydrogen) atoms. The number of halogens is 1. The van der Waals surface area contributed by atoms with Crippen LogP contribution in [0.2, 0.25) is 0 Å². The summed E-state index contributed by atoms with van der Waals surface area (Å²) >= 11 is 2.51. The Hall–Kier alpha value is -2.16. The first kappa shape index (κ1) is 19.2. The summed E-state index contributed by atoms with van der Waals surface area (Å²) in [6.07, 6.45) is 0.783. The van der Waals surface area contributed by atoms with Crippen molar-refractivity contribution in [2.24, 2.45) is 0 Å². The monoisotopic (exact) mass is 379 g/mol. The van der Waals surface area contributed by atoms with Crippen molar-refractivity contribution in [3.05, 3.63) is 47.8 Å². The Morgan fingerprint density at radius 3 is 2.64 bits per heavy atom. The Balaban J connectivity index is 0.000000511. The van der Waals surface area contributed by atoms with Crippen LogP contribution in [0.1, 0.15) is 17.3 Å². The highest BCUT2D eigenvalue weighted by Gasteiger charge is 2.10. The van der Waals surface area contributed by atoms with Crippen molar-refractivity contribution in [1.29, 1.82) is 0 Å². The van der Waals surface area contributed by atoms with E-state index in [0.29, 0.717) is 25.8 Å². The van der Waals surface area contributed by atoms with Crippen molar-refractivity contribution >= 4 is 50.6 Å². The van der Waals surface area contributed by atoms with E-state index >= 15 is 0 Å². The number of nitrogen functional groups attached to an aromatic ring is 1. The van der Waals surface area contributed by atoms with E-state index in [2.05, 4.69) is 14.4 Å². The first-order chi connectivity index (χ1) is 12.1. The third-order valence-corrected chi connectivity index (χ3v) is 4.76. The average molecular weight is 379 g/mol. The van der Waals surface area contributed by atoms with E-state index in [-0.39, 0.29) is 5.82 Å². The van der Waals surface area contributed by atoms with Crippen molar-refractivity contribution in [2.45, 2.75) is 11.8 Å². The predicted octanol–water partition coefficient (Wildman–Crippen LogP) is 4.60. The molecule has 132 valence electrons. The number of aldehydes is 1. The molecular weight excluding hydrogens is 361 g/mol. The van der Waals surface area contributed by atoms with Gasteiger partial charge in [-0.1, -0.05) is 11.3 Å². The normalized spacial score (nSPS) is 10.2. The zero-order valence-electron chi connectivity index (χ0n) is 13.8. The van der Waals surface area contributed by atoms with Gasteiger partial charge in [-0.3, -0.25) is 4.79 Å². The molecule has 0 radical (unpaired) electrons. The van der Waals surface area contributed by atoms with Gasteiger partial charge in [0.15, 0.2) is 5.13 Å². The lowest BCUT2D eigenvalue weighted by Gasteiger charge is -2.06. The van der Waals surface area contributed by atoms with E-state index in [1.165, 1.54) is 35.4 Å². The molecule has 3 rings (SSSR count). The number of methoxy groups -OCH3 is 1. The van der Waals surface area contributed by atoms with E-state index in [0.717, 1.165) is 18.6 Å². The number of nitrogens with one attached hydrogen (secondary N) is 1. The maximum atomic E-state index is 13.6. The van der Waals surface area contributed by atoms with Gasteiger partial charge in [-0.15, -0.1) is 0 Å². The summed E-state index contributed by atoms with van der Waals surface area (Å²) in [5.41, 5.74) is 7.77. The van der Waals surface area contributed by atoms with Crippen LogP contribution < -0.4 is 10.5 Å². The van der Waals surface area contributed by atoms with Gasteiger partial charge in [0, 0.05) is 25.0 Å². The first-order valence-corrected chi connectivity index (χ1v) is 9.03. The topological polar surface area (TPSA) is 77.2 Å². The van der Waals surface area contributed by atoms with Crippen LogP contribution >= 0.6 is 23.3 Å². The van der Waals surface area contributed by atoms with E-state index in [1.54, 1.807) is 31.4 Å². The third-order valence-electron chi connectivity index (χ3n) is 3.06. The standard InChI is InChI=1S/C14H10FN3OS2.C3H8O/c15-9-5-11-13(17-14(16)20-11)12(6-9)21-18-10-3-1-8(7-19)2-4-10;1-3-4-2/h1-7,18H,(H2,16,17);3H2,1-2H3. The minimum atomic E-state index is -0.327. The number of nitrogens with two attached hydrogens (primary N) is 1. The fraction of sp³-hybridized carbons (Fsp3) is 0.176. The van der Waals surface area contributed by atoms with E-state index in [4.69, 9.17) is 5.73 Å². The molecule has 0 aliphatic heterocycles. The van der Waals surface area contributed by atoms with Crippen molar-refractivity contribution in [3.8, 4) is 0 Å². The second-order valence-corrected chi connectivity index (χ2v) is 6.73. The average Bonchev–Trinajstić information content (AvgIpc) is 3.00. The molecule has 1 aromatic heterocycles. The maximum Gasteiger partial charge on any atom is 0.181 e. The van der Waals surface area contributed by atoms with E-state index in [1.807, 2.05) is 6.92 Å². The lowest BCUT2D eigenvalue weighted by atomic mass is 10.2. The zero-order valence-corrected chi connectivity index (χ0v) is 15.4. The van der Waals surface area contributed by atoms with Crippen LogP contribution in [-0.4, -0.2) is 25.0 Å². The van der Waals surface area contributed by atoms with Gasteiger partial charge in [0.1, 0.15) is 12.1 Å². The Bertz CT molecular complexity index is 836. The van der Waals surface area contributed by atoms with Crippen LogP contribution in [0.5, 0.6) is 0 Å². The molecule has 1 heterocycles. The van der Waals surface area contributed by atoms with Gasteiger partial charge in [0.25, 0.3) is 0 Å². The predicted molar refractivity (Wildman–Crippen MR) is 103 cm³/mol. The van der Waals surface area contributed by atoms with Gasteiger partial charge in [-0.25, -0.2) is 9.37 Å². The number of rotatable bonds is 5. The van der Waals surface area contributed by atoms with Gasteiger partial charge >= 0.3 is 0 Å². The van der Waals surface area contributed by atoms with Gasteiger partial charge in [0.2, 0.25) is 0 Å². The molecule has 0 aliphatic carbocycles. The highest BCUT2D eigenvalue weighted by molar-refractivity contribution is 8.00. The Morgan fingerprint density at radius 1 is 1.36 bits per heavy atom. The maximum absolute atomic E-state index is 13.6. The number of benzene rings is 2. The summed E-state index contributed by atoms with van der Waals surface area (Å²) in [4.78, 5) is 15.5. The second-order valence-electron chi connectivity index (χ2n) is 4.82. The van der Waals surface area contributed by atoms with Crippen molar-refractivity contribution in [3.63, 3.8) is 0 Å². The number of ether oxygens (including phenoxy) is 1. The minimum absolute atomic E-state index is 0.327. The van der Waals surface area contributed by atoms with Crippen LogP contribution in [0.25, 0.3) is 10.2 Å². The number of fused-ring (bicyclic) bond motifs is 1. The number of aromatic nitrogens is 1. The van der Waals surface area contributed by atoms with Crippen molar-refractivity contribution in [1.82, 2.24) is 4.98 Å². The summed E-state index contributed by atoms with van der Waals surface area (Å²) in [5.74, 6) is -0.327. The van der Waals surface area contributed by atoms with Crippen LogP contribution in [0.15, 0.2) is 41.3 Å². The fourth-order valence-corrected chi connectivity index (χ4v) is 3.44. The summed E-state index contributed by atoms with van der Waals surface area (Å²) in [5, 5.41) is 0.410. The number of hydrogen-bond acceptors (Lipinski definition) is 7. The number of nitrogens with zero attached hydrogens (tertiary/aromatic N) is 1. The number of hydrogen-bond donors (Lipinski definition) is 2. The molecule has 0 amide bonds. The lowest BCUT2D eigenvalue weighted by Crippen LogP contribution is -1.89. The Kier molecular flexibility index (Phi) is 7.17. The molecule has 0 atom stereocenters. The molecule has 8 heteroatoms. The molecule has 3 N–H and O–H groups in total. The molecule has 0 fully saturated rings. The smallest absolute Gasteiger partial charge is 0.181 e. The van der Waals surface area contributed by atoms with Crippen molar-refractivity contribution < 1.29 is 13.9 Å². The van der Waals surface area contributed by atoms with Gasteiger partial charge in [-0.2, -0.15) is 0 Å². The van der Waals surface area contributed by atoms with E-state index in [9.17, 15) is 9.18 Å². The summed E-state index contributed by atoms with van der Waals surface area (Å²) in [7, 11) is 1.68. The largest absolute Gasteiger partial charge is 0.385 e. The minimum Gasteiger partial charge on any atom is -0.385 e. The van der Waals surface area contributed by atoms with Gasteiger partial charge in [-0.05, 0) is 55.3 Å².